The van der Waals surface area contributed by atoms with E-state index in [2.05, 4.69) is 28.8 Å². The van der Waals surface area contributed by atoms with E-state index in [0.29, 0.717) is 29.2 Å². The number of aliphatic hydroxyl groups is 1. The molecule has 3 aromatic rings. The highest BCUT2D eigenvalue weighted by atomic mass is 16.5. The number of unbranched alkanes of at least 4 members (excludes halogenated alkanes) is 2. The molecule has 1 unspecified atom stereocenters. The van der Waals surface area contributed by atoms with Gasteiger partial charge >= 0.3 is 0 Å². The van der Waals surface area contributed by atoms with Crippen LogP contribution in [-0.2, 0) is 9.59 Å². The van der Waals surface area contributed by atoms with Crippen LogP contribution in [-0.4, -0.2) is 66.5 Å². The van der Waals surface area contributed by atoms with Crippen LogP contribution >= 0.6 is 0 Å². The summed E-state index contributed by atoms with van der Waals surface area (Å²) < 4.78 is 5.79. The number of pyridine rings is 1. The number of carbonyl (C=O) groups excluding carboxylic acids is 2. The van der Waals surface area contributed by atoms with E-state index in [9.17, 15) is 14.7 Å². The zero-order valence-corrected chi connectivity index (χ0v) is 23.1. The highest BCUT2D eigenvalue weighted by Crippen LogP contribution is 2.42. The first kappa shape index (κ1) is 27.4. The third kappa shape index (κ3) is 5.72. The Balaban J connectivity index is 1.46. The third-order valence-electron chi connectivity index (χ3n) is 7.61. The SMILES string of the molecule is CCCCCOc1ccc(/C(O)=C2\C(=O)C(=O)N(c3ccc(N4CCN(C)CC4)cc3)C2c2ccncc2)cc1. The third-order valence-corrected chi connectivity index (χ3v) is 7.61. The first-order valence-electron chi connectivity index (χ1n) is 14.0. The van der Waals surface area contributed by atoms with Crippen LogP contribution in [0, 0.1) is 0 Å². The van der Waals surface area contributed by atoms with E-state index < -0.39 is 17.7 Å². The average molecular weight is 541 g/mol. The van der Waals surface area contributed by atoms with Gasteiger partial charge in [-0.25, -0.2) is 0 Å². The van der Waals surface area contributed by atoms with Gasteiger partial charge in [0.05, 0.1) is 18.2 Å². The van der Waals surface area contributed by atoms with E-state index in [1.54, 1.807) is 48.8 Å². The lowest BCUT2D eigenvalue weighted by Crippen LogP contribution is -2.44. The predicted molar refractivity (Wildman–Crippen MR) is 157 cm³/mol. The number of likely N-dealkylation sites (N-methyl/N-ethyl adjacent to an activating group) is 1. The van der Waals surface area contributed by atoms with Gasteiger partial charge < -0.3 is 19.6 Å². The van der Waals surface area contributed by atoms with Crippen LogP contribution in [0.3, 0.4) is 0 Å². The van der Waals surface area contributed by atoms with E-state index in [0.717, 1.165) is 51.1 Å². The lowest BCUT2D eigenvalue weighted by atomic mass is 9.95. The number of hydrogen-bond donors (Lipinski definition) is 1. The van der Waals surface area contributed by atoms with Crippen LogP contribution in [0.5, 0.6) is 5.75 Å². The Morgan fingerprint density at radius 3 is 2.20 bits per heavy atom. The molecule has 0 spiro atoms. The zero-order chi connectivity index (χ0) is 28.1. The molecule has 0 saturated carbocycles. The molecule has 208 valence electrons. The zero-order valence-electron chi connectivity index (χ0n) is 23.1. The quantitative estimate of drug-likeness (QED) is 0.176. The van der Waals surface area contributed by atoms with Crippen molar-refractivity contribution >= 4 is 28.8 Å². The van der Waals surface area contributed by atoms with E-state index >= 15 is 0 Å². The molecular formula is C32H36N4O4. The van der Waals surface area contributed by atoms with Crippen LogP contribution in [0.4, 0.5) is 11.4 Å². The molecule has 1 amide bonds. The average Bonchev–Trinajstić information content (AvgIpc) is 3.26. The van der Waals surface area contributed by atoms with Crippen LogP contribution in [0.25, 0.3) is 5.76 Å². The van der Waals surface area contributed by atoms with Crippen molar-refractivity contribution in [1.82, 2.24) is 9.88 Å². The highest BCUT2D eigenvalue weighted by Gasteiger charge is 2.47. The minimum absolute atomic E-state index is 0.0518. The Bertz CT molecular complexity index is 1350. The number of Topliss-reactive ketones (excluding diaryl/α,β-unsaturated/α-hetero) is 1. The van der Waals surface area contributed by atoms with Crippen molar-refractivity contribution in [3.63, 3.8) is 0 Å². The van der Waals surface area contributed by atoms with Gasteiger partial charge in [0.15, 0.2) is 0 Å². The second-order valence-corrected chi connectivity index (χ2v) is 10.3. The maximum absolute atomic E-state index is 13.5. The maximum atomic E-state index is 13.5. The predicted octanol–water partition coefficient (Wildman–Crippen LogP) is 5.03. The lowest BCUT2D eigenvalue weighted by Gasteiger charge is -2.34. The number of ketones is 1. The molecule has 40 heavy (non-hydrogen) atoms. The standard InChI is InChI=1S/C32H36N4O4/c1-3-4-5-22-40-27-12-6-24(7-13-27)30(37)28-29(23-14-16-33-17-15-23)36(32(39)31(28)38)26-10-8-25(9-11-26)35-20-18-34(2)19-21-35/h6-17,29,37H,3-5,18-22H2,1-2H3/b30-28+. The molecule has 2 fully saturated rings. The van der Waals surface area contributed by atoms with Gasteiger partial charge in [-0.2, -0.15) is 0 Å². The number of carbonyl (C=O) groups is 2. The summed E-state index contributed by atoms with van der Waals surface area (Å²) in [5, 5.41) is 11.4. The summed E-state index contributed by atoms with van der Waals surface area (Å²) >= 11 is 0. The van der Waals surface area contributed by atoms with Crippen LogP contribution in [0.2, 0.25) is 0 Å². The summed E-state index contributed by atoms with van der Waals surface area (Å²) in [6.07, 6.45) is 6.44. The number of anilines is 2. The van der Waals surface area contributed by atoms with Gasteiger partial charge in [-0.1, -0.05) is 19.8 Å². The van der Waals surface area contributed by atoms with E-state index in [-0.39, 0.29) is 11.3 Å². The maximum Gasteiger partial charge on any atom is 0.300 e. The van der Waals surface area contributed by atoms with Crippen molar-refractivity contribution in [2.45, 2.75) is 32.2 Å². The molecule has 2 aromatic carbocycles. The Labute approximate surface area is 235 Å². The van der Waals surface area contributed by atoms with Crippen molar-refractivity contribution < 1.29 is 19.4 Å². The molecular weight excluding hydrogens is 504 g/mol. The van der Waals surface area contributed by atoms with Gasteiger partial charge in [0, 0.05) is 55.5 Å². The molecule has 3 heterocycles. The second kappa shape index (κ2) is 12.3. The molecule has 1 atom stereocenters. The summed E-state index contributed by atoms with van der Waals surface area (Å²) in [4.78, 5) is 37.1. The molecule has 0 radical (unpaired) electrons. The molecule has 0 aliphatic carbocycles. The number of benzene rings is 2. The summed E-state index contributed by atoms with van der Waals surface area (Å²) in [6.45, 7) is 6.61. The highest BCUT2D eigenvalue weighted by molar-refractivity contribution is 6.51. The molecule has 8 heteroatoms. The Morgan fingerprint density at radius 1 is 0.900 bits per heavy atom. The Kier molecular flexibility index (Phi) is 8.45. The molecule has 0 bridgehead atoms. The van der Waals surface area contributed by atoms with Crippen molar-refractivity contribution in [3.8, 4) is 5.75 Å². The van der Waals surface area contributed by atoms with Gasteiger partial charge in [0.1, 0.15) is 11.5 Å². The van der Waals surface area contributed by atoms with Crippen molar-refractivity contribution in [3.05, 3.63) is 89.8 Å². The number of nitrogens with zero attached hydrogens (tertiary/aromatic N) is 4. The van der Waals surface area contributed by atoms with E-state index in [1.165, 1.54) is 4.90 Å². The van der Waals surface area contributed by atoms with Gasteiger partial charge in [-0.15, -0.1) is 0 Å². The number of aromatic nitrogens is 1. The van der Waals surface area contributed by atoms with E-state index in [1.807, 2.05) is 24.3 Å². The summed E-state index contributed by atoms with van der Waals surface area (Å²) in [6, 6.07) is 17.4. The first-order chi connectivity index (χ1) is 19.5. The molecule has 2 saturated heterocycles. The number of rotatable bonds is 9. The van der Waals surface area contributed by atoms with Crippen LogP contribution in [0.1, 0.15) is 43.4 Å². The number of ether oxygens (including phenoxy) is 1. The van der Waals surface area contributed by atoms with Crippen LogP contribution in [0.15, 0.2) is 78.6 Å². The van der Waals surface area contributed by atoms with Crippen LogP contribution < -0.4 is 14.5 Å². The number of hydrogen-bond acceptors (Lipinski definition) is 7. The van der Waals surface area contributed by atoms with Crippen molar-refractivity contribution in [2.75, 3.05) is 49.6 Å². The Morgan fingerprint density at radius 2 is 1.55 bits per heavy atom. The Hall–Kier alpha value is -4.17. The minimum atomic E-state index is -0.789. The van der Waals surface area contributed by atoms with Gasteiger partial charge in [0.2, 0.25) is 0 Å². The summed E-state index contributed by atoms with van der Waals surface area (Å²) in [5.74, 6) is -0.914. The van der Waals surface area contributed by atoms with Gasteiger partial charge in [-0.3, -0.25) is 19.5 Å². The topological polar surface area (TPSA) is 86.2 Å². The summed E-state index contributed by atoms with van der Waals surface area (Å²) in [5.41, 5.74) is 2.86. The van der Waals surface area contributed by atoms with Crippen molar-refractivity contribution in [2.24, 2.45) is 0 Å². The molecule has 1 aromatic heterocycles. The minimum Gasteiger partial charge on any atom is -0.507 e. The number of piperazine rings is 1. The monoisotopic (exact) mass is 540 g/mol. The molecule has 2 aliphatic rings. The largest absolute Gasteiger partial charge is 0.507 e. The fraction of sp³-hybridized carbons (Fsp3) is 0.344. The molecule has 5 rings (SSSR count). The molecule has 2 aliphatic heterocycles. The van der Waals surface area contributed by atoms with Gasteiger partial charge in [0.25, 0.3) is 11.7 Å². The smallest absolute Gasteiger partial charge is 0.300 e. The van der Waals surface area contributed by atoms with Gasteiger partial charge in [-0.05, 0) is 79.7 Å². The fourth-order valence-electron chi connectivity index (χ4n) is 5.26. The summed E-state index contributed by atoms with van der Waals surface area (Å²) in [7, 11) is 2.12. The van der Waals surface area contributed by atoms with E-state index in [4.69, 9.17) is 4.74 Å². The fourth-order valence-corrected chi connectivity index (χ4v) is 5.26. The number of amides is 1. The normalized spacial score (nSPS) is 19.3. The second-order valence-electron chi connectivity index (χ2n) is 10.3. The number of aliphatic hydroxyl groups excluding tert-OH is 1. The molecule has 1 N–H and O–H groups in total. The van der Waals surface area contributed by atoms with Crippen molar-refractivity contribution in [1.29, 1.82) is 0 Å². The molecule has 8 nitrogen and oxygen atoms in total. The first-order valence-corrected chi connectivity index (χ1v) is 14.0. The lowest BCUT2D eigenvalue weighted by molar-refractivity contribution is -0.132.